The largest absolute Gasteiger partial charge is 0.314 e. The summed E-state index contributed by atoms with van der Waals surface area (Å²) in [6, 6.07) is 5.72. The molecule has 0 unspecified atom stereocenters. The van der Waals surface area contributed by atoms with Crippen LogP contribution in [-0.2, 0) is 0 Å². The number of halogens is 2. The Morgan fingerprint density at radius 2 is 1.94 bits per heavy atom. The van der Waals surface area contributed by atoms with Gasteiger partial charge in [0.05, 0.1) is 0 Å². The van der Waals surface area contributed by atoms with Crippen molar-refractivity contribution in [3.63, 3.8) is 0 Å². The fraction of sp³-hybridized carbons (Fsp3) is 0.571. The molecule has 0 bridgehead atoms. The minimum Gasteiger partial charge on any atom is -0.314 e. The van der Waals surface area contributed by atoms with Crippen LogP contribution < -0.4 is 5.32 Å². The zero-order valence-corrected chi connectivity index (χ0v) is 11.9. The van der Waals surface area contributed by atoms with E-state index in [-0.39, 0.29) is 5.82 Å². The van der Waals surface area contributed by atoms with Gasteiger partial charge in [-0.05, 0) is 42.5 Å². The maximum absolute atomic E-state index is 13.6. The smallest absolute Gasteiger partial charge is 0.124 e. The summed E-state index contributed by atoms with van der Waals surface area (Å²) in [5.41, 5.74) is 1.13. The lowest BCUT2D eigenvalue weighted by Crippen LogP contribution is -2.45. The van der Waals surface area contributed by atoms with Crippen LogP contribution in [0, 0.1) is 11.7 Å². The van der Waals surface area contributed by atoms with Crippen molar-refractivity contribution in [2.75, 3.05) is 26.2 Å². The van der Waals surface area contributed by atoms with Gasteiger partial charge in [0.15, 0.2) is 0 Å². The van der Waals surface area contributed by atoms with Crippen molar-refractivity contribution >= 4 is 15.9 Å². The molecule has 1 atom stereocenters. The highest BCUT2D eigenvalue weighted by Crippen LogP contribution is 2.45. The Morgan fingerprint density at radius 3 is 2.56 bits per heavy atom. The van der Waals surface area contributed by atoms with Gasteiger partial charge in [-0.3, -0.25) is 4.90 Å². The van der Waals surface area contributed by atoms with E-state index < -0.39 is 0 Å². The Morgan fingerprint density at radius 1 is 1.22 bits per heavy atom. The van der Waals surface area contributed by atoms with Crippen LogP contribution in [0.3, 0.4) is 0 Å². The summed E-state index contributed by atoms with van der Waals surface area (Å²) in [4.78, 5) is 2.51. The summed E-state index contributed by atoms with van der Waals surface area (Å²) in [6.45, 7) is 4.21. The summed E-state index contributed by atoms with van der Waals surface area (Å²) < 4.78 is 14.4. The standard InChI is InChI=1S/C14H18BrFN2/c15-12-7-11(8-13(16)9-12)14(10-1-2-10)18-5-3-17-4-6-18/h7-10,14,17H,1-6H2/t14-/m1/s1. The molecule has 0 spiro atoms. The molecule has 2 aliphatic rings. The highest BCUT2D eigenvalue weighted by Gasteiger charge is 2.36. The molecule has 0 aromatic heterocycles. The van der Waals surface area contributed by atoms with Crippen molar-refractivity contribution in [2.45, 2.75) is 18.9 Å². The van der Waals surface area contributed by atoms with Crippen LogP contribution in [0.1, 0.15) is 24.4 Å². The predicted molar refractivity (Wildman–Crippen MR) is 74.0 cm³/mol. The number of hydrogen-bond acceptors (Lipinski definition) is 2. The van der Waals surface area contributed by atoms with Gasteiger partial charge in [-0.15, -0.1) is 0 Å². The van der Waals surface area contributed by atoms with E-state index in [0.717, 1.165) is 42.1 Å². The molecule has 2 fully saturated rings. The molecule has 1 N–H and O–H groups in total. The zero-order valence-electron chi connectivity index (χ0n) is 10.3. The van der Waals surface area contributed by atoms with Crippen LogP contribution in [0.2, 0.25) is 0 Å². The maximum Gasteiger partial charge on any atom is 0.124 e. The molecule has 1 aliphatic carbocycles. The predicted octanol–water partition coefficient (Wildman–Crippen LogP) is 2.94. The van der Waals surface area contributed by atoms with Crippen molar-refractivity contribution in [3.05, 3.63) is 34.1 Å². The van der Waals surface area contributed by atoms with E-state index in [1.54, 1.807) is 6.07 Å². The zero-order chi connectivity index (χ0) is 12.5. The molecular formula is C14H18BrFN2. The van der Waals surface area contributed by atoms with Crippen LogP contribution in [0.5, 0.6) is 0 Å². The van der Waals surface area contributed by atoms with Crippen molar-refractivity contribution in [3.8, 4) is 0 Å². The second-order valence-corrected chi connectivity index (χ2v) is 6.19. The quantitative estimate of drug-likeness (QED) is 0.923. The molecule has 1 saturated carbocycles. The SMILES string of the molecule is Fc1cc(Br)cc([C@@H](C2CC2)N2CCNCC2)c1. The maximum atomic E-state index is 13.6. The number of rotatable bonds is 3. The molecule has 18 heavy (non-hydrogen) atoms. The molecule has 1 saturated heterocycles. The summed E-state index contributed by atoms with van der Waals surface area (Å²) in [5.74, 6) is 0.581. The van der Waals surface area contributed by atoms with E-state index in [2.05, 4.69) is 32.2 Å². The van der Waals surface area contributed by atoms with E-state index in [1.165, 1.54) is 18.9 Å². The monoisotopic (exact) mass is 312 g/mol. The van der Waals surface area contributed by atoms with E-state index in [1.807, 2.05) is 0 Å². The molecule has 4 heteroatoms. The summed E-state index contributed by atoms with van der Waals surface area (Å²) in [7, 11) is 0. The molecule has 0 radical (unpaired) electrons. The average Bonchev–Trinajstić information content (AvgIpc) is 3.14. The minimum absolute atomic E-state index is 0.139. The van der Waals surface area contributed by atoms with Gasteiger partial charge in [0.1, 0.15) is 5.82 Å². The first-order chi connectivity index (χ1) is 8.74. The van der Waals surface area contributed by atoms with Gasteiger partial charge in [0, 0.05) is 36.7 Å². The third-order valence-electron chi connectivity index (χ3n) is 3.84. The second-order valence-electron chi connectivity index (χ2n) is 5.27. The lowest BCUT2D eigenvalue weighted by Gasteiger charge is -2.35. The lowest BCUT2D eigenvalue weighted by atomic mass is 9.99. The van der Waals surface area contributed by atoms with Crippen molar-refractivity contribution in [1.29, 1.82) is 0 Å². The van der Waals surface area contributed by atoms with Gasteiger partial charge in [-0.25, -0.2) is 4.39 Å². The topological polar surface area (TPSA) is 15.3 Å². The normalized spacial score (nSPS) is 23.0. The minimum atomic E-state index is -0.139. The second kappa shape index (κ2) is 5.27. The first-order valence-electron chi connectivity index (χ1n) is 6.65. The number of hydrogen-bond donors (Lipinski definition) is 1. The Hall–Kier alpha value is -0.450. The average molecular weight is 313 g/mol. The van der Waals surface area contributed by atoms with Gasteiger partial charge < -0.3 is 5.32 Å². The molecule has 1 aromatic carbocycles. The summed E-state index contributed by atoms with van der Waals surface area (Å²) in [5, 5.41) is 3.38. The molecule has 2 nitrogen and oxygen atoms in total. The third-order valence-corrected chi connectivity index (χ3v) is 4.30. The van der Waals surface area contributed by atoms with Crippen LogP contribution >= 0.6 is 15.9 Å². The van der Waals surface area contributed by atoms with Gasteiger partial charge >= 0.3 is 0 Å². The Labute approximate surface area is 116 Å². The molecular weight excluding hydrogens is 295 g/mol. The number of piperazine rings is 1. The highest BCUT2D eigenvalue weighted by atomic mass is 79.9. The van der Waals surface area contributed by atoms with Gasteiger partial charge in [-0.1, -0.05) is 15.9 Å². The summed E-state index contributed by atoms with van der Waals surface area (Å²) >= 11 is 3.40. The fourth-order valence-corrected chi connectivity index (χ4v) is 3.38. The van der Waals surface area contributed by atoms with E-state index in [9.17, 15) is 4.39 Å². The summed E-state index contributed by atoms with van der Waals surface area (Å²) in [6.07, 6.45) is 2.56. The number of nitrogens with zero attached hydrogens (tertiary/aromatic N) is 1. The Balaban J connectivity index is 1.88. The number of benzene rings is 1. The molecule has 1 aliphatic heterocycles. The highest BCUT2D eigenvalue weighted by molar-refractivity contribution is 9.10. The molecule has 1 aromatic rings. The van der Waals surface area contributed by atoms with Crippen LogP contribution in [0.15, 0.2) is 22.7 Å². The van der Waals surface area contributed by atoms with E-state index >= 15 is 0 Å². The third kappa shape index (κ3) is 2.76. The molecule has 98 valence electrons. The first-order valence-corrected chi connectivity index (χ1v) is 7.44. The van der Waals surface area contributed by atoms with E-state index in [4.69, 9.17) is 0 Å². The molecule has 1 heterocycles. The van der Waals surface area contributed by atoms with Crippen molar-refractivity contribution in [2.24, 2.45) is 5.92 Å². The lowest BCUT2D eigenvalue weighted by molar-refractivity contribution is 0.156. The first kappa shape index (κ1) is 12.6. The fourth-order valence-electron chi connectivity index (χ4n) is 2.90. The van der Waals surface area contributed by atoms with Gasteiger partial charge in [0.25, 0.3) is 0 Å². The molecule has 3 rings (SSSR count). The molecule has 0 amide bonds. The van der Waals surface area contributed by atoms with Gasteiger partial charge in [-0.2, -0.15) is 0 Å². The van der Waals surface area contributed by atoms with Crippen LogP contribution in [0.4, 0.5) is 4.39 Å². The van der Waals surface area contributed by atoms with Crippen LogP contribution in [0.25, 0.3) is 0 Å². The Bertz CT molecular complexity index is 408. The van der Waals surface area contributed by atoms with Crippen molar-refractivity contribution in [1.82, 2.24) is 10.2 Å². The number of nitrogens with one attached hydrogen (secondary N) is 1. The van der Waals surface area contributed by atoms with Crippen LogP contribution in [-0.4, -0.2) is 31.1 Å². The van der Waals surface area contributed by atoms with Gasteiger partial charge in [0.2, 0.25) is 0 Å². The van der Waals surface area contributed by atoms with Crippen molar-refractivity contribution < 1.29 is 4.39 Å². The van der Waals surface area contributed by atoms with E-state index in [0.29, 0.717) is 6.04 Å². The Kier molecular flexibility index (Phi) is 3.68.